The molecular formula is C25H20N6O3. The predicted octanol–water partition coefficient (Wildman–Crippen LogP) is 4.80. The molecule has 0 aliphatic heterocycles. The first-order chi connectivity index (χ1) is 16.5. The van der Waals surface area contributed by atoms with Crippen molar-refractivity contribution in [3.8, 4) is 17.1 Å². The number of nitrogens with zero attached hydrogens (tertiary/aromatic N) is 3. The van der Waals surface area contributed by atoms with E-state index in [9.17, 15) is 15.2 Å². The van der Waals surface area contributed by atoms with Gasteiger partial charge in [0.1, 0.15) is 0 Å². The van der Waals surface area contributed by atoms with Gasteiger partial charge in [-0.05, 0) is 29.3 Å². The van der Waals surface area contributed by atoms with E-state index in [0.717, 1.165) is 22.4 Å². The molecule has 0 spiro atoms. The maximum Gasteiger partial charge on any atom is 0.270 e. The lowest BCUT2D eigenvalue weighted by atomic mass is 9.99. The summed E-state index contributed by atoms with van der Waals surface area (Å²) < 4.78 is 0. The summed E-state index contributed by atoms with van der Waals surface area (Å²) in [6.45, 7) is 0.395. The van der Waals surface area contributed by atoms with Crippen LogP contribution in [-0.2, 0) is 6.54 Å². The highest BCUT2D eigenvalue weighted by Gasteiger charge is 2.21. The molecule has 0 saturated carbocycles. The molecule has 0 bridgehead atoms. The average molecular weight is 452 g/mol. The highest BCUT2D eigenvalue weighted by Crippen LogP contribution is 2.34. The maximum absolute atomic E-state index is 11.4. The predicted molar refractivity (Wildman–Crippen MR) is 130 cm³/mol. The van der Waals surface area contributed by atoms with E-state index in [1.54, 1.807) is 18.6 Å². The number of nitrogens with two attached hydrogens (primary N) is 1. The molecule has 168 valence electrons. The molecule has 9 heteroatoms. The molecule has 3 aromatic carbocycles. The van der Waals surface area contributed by atoms with Gasteiger partial charge in [-0.15, -0.1) is 0 Å². The summed E-state index contributed by atoms with van der Waals surface area (Å²) in [7, 11) is 0. The van der Waals surface area contributed by atoms with Gasteiger partial charge >= 0.3 is 0 Å². The van der Waals surface area contributed by atoms with Crippen molar-refractivity contribution in [2.75, 3.05) is 0 Å². The van der Waals surface area contributed by atoms with Gasteiger partial charge in [-0.3, -0.25) is 10.1 Å². The zero-order valence-electron chi connectivity index (χ0n) is 17.9. The van der Waals surface area contributed by atoms with Gasteiger partial charge in [0.15, 0.2) is 5.88 Å². The molecule has 0 atom stereocenters. The molecule has 5 rings (SSSR count). The number of aliphatic imine (C=N–C) groups is 1. The van der Waals surface area contributed by atoms with Gasteiger partial charge < -0.3 is 20.8 Å². The Kier molecular flexibility index (Phi) is 5.36. The van der Waals surface area contributed by atoms with Crippen LogP contribution in [0.15, 0.2) is 84.2 Å². The minimum atomic E-state index is -0.464. The molecule has 9 nitrogen and oxygen atoms in total. The van der Waals surface area contributed by atoms with Gasteiger partial charge in [0.2, 0.25) is 0 Å². The first kappa shape index (κ1) is 21.1. The van der Waals surface area contributed by atoms with Crippen molar-refractivity contribution in [2.45, 2.75) is 6.54 Å². The molecule has 0 aliphatic carbocycles. The number of rotatable bonds is 6. The minimum absolute atomic E-state index is 0.0745. The Balaban J connectivity index is 1.68. The van der Waals surface area contributed by atoms with Crippen LogP contribution in [0.3, 0.4) is 0 Å². The van der Waals surface area contributed by atoms with Crippen molar-refractivity contribution < 1.29 is 10.0 Å². The van der Waals surface area contributed by atoms with E-state index in [1.807, 2.05) is 48.5 Å². The highest BCUT2D eigenvalue weighted by atomic mass is 16.6. The minimum Gasteiger partial charge on any atom is -0.494 e. The Hall–Kier alpha value is -4.76. The number of fused-ring (bicyclic) bond motifs is 1. The third-order valence-corrected chi connectivity index (χ3v) is 5.59. The zero-order valence-corrected chi connectivity index (χ0v) is 17.9. The van der Waals surface area contributed by atoms with E-state index in [2.05, 4.69) is 15.0 Å². The summed E-state index contributed by atoms with van der Waals surface area (Å²) in [6.07, 6.45) is 3.35. The van der Waals surface area contributed by atoms with E-state index >= 15 is 0 Å². The van der Waals surface area contributed by atoms with Crippen LogP contribution in [0.25, 0.3) is 22.2 Å². The lowest BCUT2D eigenvalue weighted by Crippen LogP contribution is -2.04. The number of hydrogen-bond donors (Lipinski definition) is 4. The van der Waals surface area contributed by atoms with Gasteiger partial charge in [0.25, 0.3) is 5.69 Å². The quantitative estimate of drug-likeness (QED) is 0.166. The lowest BCUT2D eigenvalue weighted by molar-refractivity contribution is -0.384. The van der Waals surface area contributed by atoms with Gasteiger partial charge in [-0.2, -0.15) is 0 Å². The number of non-ortho nitro benzene ring substituents is 1. The topological polar surface area (TPSA) is 146 Å². The first-order valence-electron chi connectivity index (χ1n) is 10.5. The summed E-state index contributed by atoms with van der Waals surface area (Å²) >= 11 is 0. The summed E-state index contributed by atoms with van der Waals surface area (Å²) in [5.74, 6) is -0.119. The molecule has 2 heterocycles. The van der Waals surface area contributed by atoms with E-state index in [4.69, 9.17) is 10.7 Å². The average Bonchev–Trinajstić information content (AvgIpc) is 3.50. The van der Waals surface area contributed by atoms with E-state index < -0.39 is 4.92 Å². The molecular weight excluding hydrogens is 432 g/mol. The third-order valence-electron chi connectivity index (χ3n) is 5.59. The molecule has 0 fully saturated rings. The number of benzene rings is 3. The molecule has 0 saturated heterocycles. The van der Waals surface area contributed by atoms with Crippen LogP contribution in [0.4, 0.5) is 11.4 Å². The van der Waals surface area contributed by atoms with Crippen molar-refractivity contribution in [2.24, 2.45) is 10.7 Å². The number of nitrogens with one attached hydrogen (secondary N) is 2. The first-order valence-corrected chi connectivity index (χ1v) is 10.5. The van der Waals surface area contributed by atoms with Crippen LogP contribution >= 0.6 is 0 Å². The Morgan fingerprint density at radius 2 is 1.85 bits per heavy atom. The van der Waals surface area contributed by atoms with Gasteiger partial charge in [0, 0.05) is 35.1 Å². The lowest BCUT2D eigenvalue weighted by Gasteiger charge is -2.09. The maximum atomic E-state index is 11.4. The van der Waals surface area contributed by atoms with Crippen LogP contribution in [0.1, 0.15) is 16.7 Å². The molecule has 5 aromatic rings. The Bertz CT molecular complexity index is 1500. The van der Waals surface area contributed by atoms with Crippen LogP contribution in [0, 0.1) is 10.1 Å². The van der Waals surface area contributed by atoms with Gasteiger partial charge in [-0.1, -0.05) is 36.4 Å². The van der Waals surface area contributed by atoms with E-state index in [0.29, 0.717) is 34.4 Å². The third kappa shape index (κ3) is 3.91. The number of hydrogen-bond acceptors (Lipinski definition) is 6. The fraction of sp³-hybridized carbons (Fsp3) is 0.0400. The molecule has 0 unspecified atom stereocenters. The van der Waals surface area contributed by atoms with Crippen molar-refractivity contribution in [1.29, 1.82) is 0 Å². The van der Waals surface area contributed by atoms with Gasteiger partial charge in [0.05, 0.1) is 40.1 Å². The van der Waals surface area contributed by atoms with Crippen molar-refractivity contribution in [1.82, 2.24) is 15.0 Å². The number of aromatic hydroxyl groups is 1. The molecule has 34 heavy (non-hydrogen) atoms. The molecule has 0 aliphatic rings. The number of H-pyrrole nitrogens is 2. The number of nitro benzene ring substituents is 1. The van der Waals surface area contributed by atoms with Crippen molar-refractivity contribution in [3.63, 3.8) is 0 Å². The van der Waals surface area contributed by atoms with Crippen LogP contribution < -0.4 is 5.73 Å². The largest absolute Gasteiger partial charge is 0.494 e. The number of imidazole rings is 1. The normalized spacial score (nSPS) is 11.7. The zero-order chi connectivity index (χ0) is 23.7. The monoisotopic (exact) mass is 452 g/mol. The number of nitro groups is 1. The molecule has 5 N–H and O–H groups in total. The SMILES string of the molecule is NCc1ccc(C(=Nc2ccc(-c3cnc[nH]3)cc2)c2c(O)[nH]c3ccc([N+](=O)[O-])cc23)cc1. The number of aromatic nitrogens is 3. The van der Waals surface area contributed by atoms with E-state index in [-0.39, 0.29) is 11.6 Å². The Morgan fingerprint density at radius 1 is 1.09 bits per heavy atom. The fourth-order valence-corrected chi connectivity index (χ4v) is 3.84. The second kappa shape index (κ2) is 8.64. The smallest absolute Gasteiger partial charge is 0.270 e. The number of aromatic amines is 2. The Labute approximate surface area is 193 Å². The van der Waals surface area contributed by atoms with E-state index in [1.165, 1.54) is 12.1 Å². The van der Waals surface area contributed by atoms with Crippen LogP contribution in [0.2, 0.25) is 0 Å². The summed E-state index contributed by atoms with van der Waals surface area (Å²) in [4.78, 5) is 25.8. The fourth-order valence-electron chi connectivity index (χ4n) is 3.84. The highest BCUT2D eigenvalue weighted by molar-refractivity contribution is 6.22. The second-order valence-electron chi connectivity index (χ2n) is 7.71. The molecule has 0 radical (unpaired) electrons. The van der Waals surface area contributed by atoms with Crippen LogP contribution in [-0.4, -0.2) is 30.7 Å². The summed E-state index contributed by atoms with van der Waals surface area (Å²) in [5.41, 5.74) is 11.3. The standard InChI is InChI=1S/C25H20N6O3/c26-12-15-1-3-17(4-2-15)24(29-18-7-5-16(6-8-18)22-13-27-14-28-22)23-20-11-19(31(33)34)9-10-21(20)30-25(23)32/h1-11,13-14,30,32H,12,26H2,(H,27,28). The van der Waals surface area contributed by atoms with Crippen molar-refractivity contribution >= 4 is 28.0 Å². The van der Waals surface area contributed by atoms with Crippen molar-refractivity contribution in [3.05, 3.63) is 106 Å². The van der Waals surface area contributed by atoms with Crippen LogP contribution in [0.5, 0.6) is 5.88 Å². The van der Waals surface area contributed by atoms with Gasteiger partial charge in [-0.25, -0.2) is 9.98 Å². The molecule has 2 aromatic heterocycles. The second-order valence-corrected chi connectivity index (χ2v) is 7.71. The summed E-state index contributed by atoms with van der Waals surface area (Å²) in [6, 6.07) is 19.5. The summed E-state index contributed by atoms with van der Waals surface area (Å²) in [5, 5.41) is 22.7. The Morgan fingerprint density at radius 3 is 2.50 bits per heavy atom. The molecule has 0 amide bonds.